The van der Waals surface area contributed by atoms with E-state index in [1.165, 1.54) is 6.07 Å². The lowest BCUT2D eigenvalue weighted by Crippen LogP contribution is -2.89. The molecule has 6 rings (SSSR count). The molecule has 3 aliphatic carbocycles. The molecule has 2 aliphatic heterocycles. The molecule has 5 aliphatic rings. The van der Waals surface area contributed by atoms with E-state index in [1.807, 2.05) is 7.05 Å². The molecular weight excluding hydrogens is 362 g/mol. The van der Waals surface area contributed by atoms with Gasteiger partial charge >= 0.3 is 0 Å². The van der Waals surface area contributed by atoms with Gasteiger partial charge in [0.1, 0.15) is 0 Å². The number of carbonyl (C=O) groups excluding carboxylic acids is 1. The SMILES string of the molecule is C[N@+]1(CC2CC2)C(O)C[C@]23c4c5ccc(O)c4O[C@H]2C(=O)CC[C@@]3(O)[C@@]1(O)C5. The summed E-state index contributed by atoms with van der Waals surface area (Å²) < 4.78 is 5.92. The van der Waals surface area contributed by atoms with Gasteiger partial charge in [0.2, 0.25) is 5.72 Å². The van der Waals surface area contributed by atoms with Gasteiger partial charge in [0.05, 0.1) is 25.4 Å². The Morgan fingerprint density at radius 2 is 2.04 bits per heavy atom. The lowest BCUT2D eigenvalue weighted by atomic mass is 9.46. The van der Waals surface area contributed by atoms with Gasteiger partial charge in [-0.15, -0.1) is 0 Å². The van der Waals surface area contributed by atoms with Gasteiger partial charge in [-0.25, -0.2) is 0 Å². The topological polar surface area (TPSA) is 107 Å². The monoisotopic (exact) mass is 388 g/mol. The zero-order chi connectivity index (χ0) is 19.7. The van der Waals surface area contributed by atoms with Crippen LogP contribution < -0.4 is 4.74 Å². The molecule has 2 heterocycles. The highest BCUT2D eigenvalue weighted by Crippen LogP contribution is 2.69. The number of phenols is 1. The second-order valence-electron chi connectivity index (χ2n) is 9.82. The number of hydrogen-bond acceptors (Lipinski definition) is 6. The van der Waals surface area contributed by atoms with Crippen LogP contribution in [0.1, 0.15) is 43.2 Å². The Morgan fingerprint density at radius 1 is 1.29 bits per heavy atom. The van der Waals surface area contributed by atoms with E-state index in [0.29, 0.717) is 18.0 Å². The standard InChI is InChI=1S/C21H25NO6/c1-22(10-11-2-3-11)15(25)9-19-16-12-4-5-13(23)17(16)28-18(19)14(24)6-7-20(19,26)21(22,27)8-12/h4-5,11,15,18,25-27H,2-3,6-10H2,1H3/p+1/t15?,18-,19-,20-,21-,22-/m0/s1. The van der Waals surface area contributed by atoms with Crippen LogP contribution in [0, 0.1) is 5.92 Å². The molecule has 1 aromatic carbocycles. The first-order chi connectivity index (χ1) is 13.2. The summed E-state index contributed by atoms with van der Waals surface area (Å²) in [5.74, 6) is 0.432. The number of quaternary nitrogens is 1. The number of carbonyl (C=O) groups is 1. The Kier molecular flexibility index (Phi) is 2.90. The van der Waals surface area contributed by atoms with Crippen molar-refractivity contribution < 1.29 is 34.4 Å². The number of aliphatic hydroxyl groups is 3. The normalized spacial score (nSPS) is 48.2. The third-order valence-electron chi connectivity index (χ3n) is 8.56. The second-order valence-corrected chi connectivity index (χ2v) is 9.82. The number of ether oxygens (including phenoxy) is 1. The summed E-state index contributed by atoms with van der Waals surface area (Å²) in [5.41, 5.74) is -3.10. The van der Waals surface area contributed by atoms with Gasteiger partial charge in [-0.3, -0.25) is 9.28 Å². The molecule has 3 fully saturated rings. The number of likely N-dealkylation sites (N-methyl/N-ethyl adjacent to an activating group) is 1. The molecule has 2 bridgehead atoms. The van der Waals surface area contributed by atoms with Gasteiger partial charge in [-0.2, -0.15) is 0 Å². The second kappa shape index (κ2) is 4.73. The highest BCUT2D eigenvalue weighted by atomic mass is 16.5. The van der Waals surface area contributed by atoms with E-state index in [-0.39, 0.29) is 47.4 Å². The predicted molar refractivity (Wildman–Crippen MR) is 96.4 cm³/mol. The van der Waals surface area contributed by atoms with Crippen molar-refractivity contribution in [3.05, 3.63) is 23.3 Å². The number of hydrogen-bond donors (Lipinski definition) is 4. The molecule has 7 nitrogen and oxygen atoms in total. The van der Waals surface area contributed by atoms with Crippen molar-refractivity contribution in [2.24, 2.45) is 5.92 Å². The molecule has 1 aromatic rings. The van der Waals surface area contributed by atoms with E-state index in [2.05, 4.69) is 0 Å². The molecule has 1 spiro atoms. The van der Waals surface area contributed by atoms with Crippen molar-refractivity contribution in [2.75, 3.05) is 13.6 Å². The number of ketones is 1. The minimum absolute atomic E-state index is 0.0352. The van der Waals surface area contributed by atoms with Crippen LogP contribution >= 0.6 is 0 Å². The van der Waals surface area contributed by atoms with E-state index < -0.39 is 29.1 Å². The fraction of sp³-hybridized carbons (Fsp3) is 0.667. The zero-order valence-corrected chi connectivity index (χ0v) is 15.9. The average molecular weight is 388 g/mol. The largest absolute Gasteiger partial charge is 0.504 e. The van der Waals surface area contributed by atoms with Crippen LogP contribution in [0.5, 0.6) is 11.5 Å². The smallest absolute Gasteiger partial charge is 0.237 e. The van der Waals surface area contributed by atoms with Crippen LogP contribution in [-0.4, -0.2) is 67.9 Å². The van der Waals surface area contributed by atoms with Crippen molar-refractivity contribution in [3.8, 4) is 11.5 Å². The highest BCUT2D eigenvalue weighted by molar-refractivity contribution is 5.90. The summed E-state index contributed by atoms with van der Waals surface area (Å²) in [5, 5.41) is 46.1. The molecule has 4 N–H and O–H groups in total. The Balaban J connectivity index is 1.67. The fourth-order valence-corrected chi connectivity index (χ4v) is 6.94. The summed E-state index contributed by atoms with van der Waals surface area (Å²) in [7, 11) is 1.83. The van der Waals surface area contributed by atoms with Crippen molar-refractivity contribution >= 4 is 5.78 Å². The van der Waals surface area contributed by atoms with E-state index in [1.54, 1.807) is 6.07 Å². The summed E-state index contributed by atoms with van der Waals surface area (Å²) in [4.78, 5) is 12.8. The molecule has 1 unspecified atom stereocenters. The molecule has 150 valence electrons. The third kappa shape index (κ3) is 1.55. The Bertz CT molecular complexity index is 930. The number of benzene rings is 1. The minimum Gasteiger partial charge on any atom is -0.504 e. The van der Waals surface area contributed by atoms with Crippen LogP contribution in [0.3, 0.4) is 0 Å². The first-order valence-electron chi connectivity index (χ1n) is 10.2. The van der Waals surface area contributed by atoms with E-state index in [0.717, 1.165) is 18.4 Å². The summed E-state index contributed by atoms with van der Waals surface area (Å²) >= 11 is 0. The van der Waals surface area contributed by atoms with Crippen LogP contribution in [-0.2, 0) is 16.6 Å². The molecule has 0 amide bonds. The summed E-state index contributed by atoms with van der Waals surface area (Å²) in [6.07, 6.45) is 0.705. The molecular formula is C21H26NO6+. The number of rotatable bonds is 2. The van der Waals surface area contributed by atoms with E-state index >= 15 is 0 Å². The quantitative estimate of drug-likeness (QED) is 0.543. The maximum absolute atomic E-state index is 12.8. The van der Waals surface area contributed by atoms with Gasteiger partial charge in [-0.05, 0) is 30.9 Å². The molecule has 1 saturated heterocycles. The summed E-state index contributed by atoms with van der Waals surface area (Å²) in [6.45, 7) is 0.593. The Labute approximate surface area is 162 Å². The van der Waals surface area contributed by atoms with Crippen molar-refractivity contribution in [1.29, 1.82) is 0 Å². The van der Waals surface area contributed by atoms with Crippen molar-refractivity contribution in [1.82, 2.24) is 0 Å². The number of Topliss-reactive ketones (excluding diaryl/α,β-unsaturated/α-hetero) is 1. The number of piperidine rings is 1. The van der Waals surface area contributed by atoms with Crippen LogP contribution in [0.15, 0.2) is 12.1 Å². The number of likely N-dealkylation sites (tertiary alicyclic amines) is 1. The fourth-order valence-electron chi connectivity index (χ4n) is 6.94. The highest BCUT2D eigenvalue weighted by Gasteiger charge is 2.84. The lowest BCUT2D eigenvalue weighted by molar-refractivity contribution is -1.04. The third-order valence-corrected chi connectivity index (χ3v) is 8.56. The number of aliphatic hydroxyl groups excluding tert-OH is 1. The van der Waals surface area contributed by atoms with Gasteiger partial charge in [-0.1, -0.05) is 6.07 Å². The molecule has 0 aromatic heterocycles. The van der Waals surface area contributed by atoms with Crippen molar-refractivity contribution in [3.63, 3.8) is 0 Å². The first kappa shape index (κ1) is 17.2. The molecule has 0 radical (unpaired) electrons. The van der Waals surface area contributed by atoms with Crippen molar-refractivity contribution in [2.45, 2.75) is 67.6 Å². The predicted octanol–water partition coefficient (Wildman–Crippen LogP) is 0.308. The van der Waals surface area contributed by atoms with Gasteiger partial charge in [0.25, 0.3) is 0 Å². The Hall–Kier alpha value is -1.67. The first-order valence-corrected chi connectivity index (χ1v) is 10.2. The molecule has 28 heavy (non-hydrogen) atoms. The number of nitrogens with zero attached hydrogens (tertiary/aromatic N) is 1. The van der Waals surface area contributed by atoms with Crippen LogP contribution in [0.2, 0.25) is 0 Å². The van der Waals surface area contributed by atoms with E-state index in [9.17, 15) is 25.2 Å². The van der Waals surface area contributed by atoms with Crippen LogP contribution in [0.4, 0.5) is 0 Å². The Morgan fingerprint density at radius 3 is 2.75 bits per heavy atom. The molecule has 7 heteroatoms. The molecule has 6 atom stereocenters. The number of phenolic OH excluding ortho intramolecular Hbond substituents is 1. The maximum atomic E-state index is 12.8. The van der Waals surface area contributed by atoms with Crippen LogP contribution in [0.25, 0.3) is 0 Å². The van der Waals surface area contributed by atoms with E-state index in [4.69, 9.17) is 4.74 Å². The summed E-state index contributed by atoms with van der Waals surface area (Å²) in [6, 6.07) is 3.28. The maximum Gasteiger partial charge on any atom is 0.237 e. The van der Waals surface area contributed by atoms with Gasteiger partial charge < -0.3 is 25.2 Å². The lowest BCUT2D eigenvalue weighted by Gasteiger charge is -2.69. The number of aromatic hydroxyl groups is 1. The minimum atomic E-state index is -1.64. The average Bonchev–Trinajstić information content (AvgIpc) is 3.37. The zero-order valence-electron chi connectivity index (χ0n) is 15.9. The van der Waals surface area contributed by atoms with Gasteiger partial charge in [0, 0.05) is 24.3 Å². The molecule has 2 saturated carbocycles. The van der Waals surface area contributed by atoms with Gasteiger partial charge in [0.15, 0.2) is 35.2 Å².